The van der Waals surface area contributed by atoms with Crippen LogP contribution in [0.2, 0.25) is 0 Å². The summed E-state index contributed by atoms with van der Waals surface area (Å²) in [7, 11) is 0. The Kier molecular flexibility index (Phi) is 14.3. The summed E-state index contributed by atoms with van der Waals surface area (Å²) in [5.41, 5.74) is 20.8. The van der Waals surface area contributed by atoms with E-state index >= 15 is 0 Å². The first-order chi connectivity index (χ1) is 17.1. The van der Waals surface area contributed by atoms with E-state index in [1.54, 1.807) is 0 Å². The van der Waals surface area contributed by atoms with Crippen molar-refractivity contribution >= 4 is 47.5 Å². The van der Waals surface area contributed by atoms with Crippen LogP contribution in [-0.4, -0.2) is 93.5 Å². The Balaban J connectivity index is 5.58. The Morgan fingerprint density at radius 3 is 1.73 bits per heavy atom. The van der Waals surface area contributed by atoms with Crippen LogP contribution in [0.1, 0.15) is 38.5 Å². The molecule has 0 saturated carbocycles. The fraction of sp³-hybridized carbons (Fsp3) is 0.579. The maximum atomic E-state index is 12.7. The molecule has 14 N–H and O–H groups in total. The molecule has 0 aliphatic carbocycles. The van der Waals surface area contributed by atoms with Gasteiger partial charge >= 0.3 is 17.9 Å². The summed E-state index contributed by atoms with van der Waals surface area (Å²) < 4.78 is 0. The summed E-state index contributed by atoms with van der Waals surface area (Å²) in [6.07, 6.45) is -2.65. The van der Waals surface area contributed by atoms with Crippen molar-refractivity contribution in [3.05, 3.63) is 0 Å². The van der Waals surface area contributed by atoms with E-state index in [1.807, 2.05) is 5.32 Å². The Morgan fingerprint density at radius 2 is 1.24 bits per heavy atom. The van der Waals surface area contributed by atoms with Gasteiger partial charge in [0.05, 0.1) is 18.9 Å². The van der Waals surface area contributed by atoms with E-state index in [-0.39, 0.29) is 25.3 Å². The topological polar surface area (TPSA) is 333 Å². The Labute approximate surface area is 210 Å². The van der Waals surface area contributed by atoms with E-state index in [1.165, 1.54) is 0 Å². The highest BCUT2D eigenvalue weighted by atomic mass is 16.4. The molecule has 0 aliphatic rings. The van der Waals surface area contributed by atoms with Gasteiger partial charge in [0, 0.05) is 13.0 Å². The number of carbonyl (C=O) groups excluding carboxylic acids is 4. The summed E-state index contributed by atoms with van der Waals surface area (Å²) in [6, 6.07) is -6.34. The molecule has 0 bridgehead atoms. The number of rotatable bonds is 18. The number of aliphatic carboxylic acids is 3. The van der Waals surface area contributed by atoms with Gasteiger partial charge in [-0.1, -0.05) is 0 Å². The van der Waals surface area contributed by atoms with Crippen molar-refractivity contribution in [1.82, 2.24) is 16.0 Å². The highest BCUT2D eigenvalue weighted by Crippen LogP contribution is 2.05. The van der Waals surface area contributed by atoms with Crippen molar-refractivity contribution in [3.63, 3.8) is 0 Å². The number of hydrogen-bond donors (Lipinski definition) is 10. The smallest absolute Gasteiger partial charge is 0.326 e. The number of carbonyl (C=O) groups is 7. The maximum absolute atomic E-state index is 12.7. The first-order valence-corrected chi connectivity index (χ1v) is 10.8. The summed E-state index contributed by atoms with van der Waals surface area (Å²) in [5, 5.41) is 33.7. The predicted molar refractivity (Wildman–Crippen MR) is 124 cm³/mol. The number of aliphatic imine (C=N–C) groups is 1. The average molecular weight is 533 g/mol. The highest BCUT2D eigenvalue weighted by Gasteiger charge is 2.31. The minimum absolute atomic E-state index is 0.0651. The zero-order chi connectivity index (χ0) is 28.7. The molecule has 0 aromatic carbocycles. The molecule has 0 spiro atoms. The van der Waals surface area contributed by atoms with Crippen LogP contribution in [0.25, 0.3) is 0 Å². The summed E-state index contributed by atoms with van der Waals surface area (Å²) in [6.45, 7) is 0.0651. The third-order valence-electron chi connectivity index (χ3n) is 4.61. The number of nitrogens with one attached hydrogen (secondary N) is 3. The van der Waals surface area contributed by atoms with E-state index < -0.39 is 91.4 Å². The normalized spacial score (nSPS) is 13.6. The van der Waals surface area contributed by atoms with Gasteiger partial charge in [0.2, 0.25) is 23.6 Å². The number of nitrogens with two attached hydrogens (primary N) is 4. The minimum atomic E-state index is -1.78. The first kappa shape index (κ1) is 32.5. The van der Waals surface area contributed by atoms with Crippen molar-refractivity contribution in [1.29, 1.82) is 0 Å². The molecule has 4 amide bonds. The lowest BCUT2D eigenvalue weighted by molar-refractivity contribution is -0.144. The van der Waals surface area contributed by atoms with Gasteiger partial charge in [-0.3, -0.25) is 33.8 Å². The van der Waals surface area contributed by atoms with Gasteiger partial charge in [-0.15, -0.1) is 0 Å². The summed E-state index contributed by atoms with van der Waals surface area (Å²) in [5.74, 6) is -8.81. The van der Waals surface area contributed by atoms with Gasteiger partial charge in [0.25, 0.3) is 0 Å². The van der Waals surface area contributed by atoms with Crippen LogP contribution in [0.3, 0.4) is 0 Å². The van der Waals surface area contributed by atoms with Crippen molar-refractivity contribution in [2.75, 3.05) is 6.54 Å². The molecule has 37 heavy (non-hydrogen) atoms. The van der Waals surface area contributed by atoms with E-state index in [0.29, 0.717) is 0 Å². The third-order valence-corrected chi connectivity index (χ3v) is 4.61. The second kappa shape index (κ2) is 16.2. The molecule has 0 aromatic heterocycles. The number of hydrogen-bond acceptors (Lipinski definition) is 9. The van der Waals surface area contributed by atoms with Crippen LogP contribution >= 0.6 is 0 Å². The van der Waals surface area contributed by atoms with Crippen molar-refractivity contribution < 1.29 is 48.9 Å². The lowest BCUT2D eigenvalue weighted by atomic mass is 10.1. The fourth-order valence-electron chi connectivity index (χ4n) is 2.81. The van der Waals surface area contributed by atoms with Gasteiger partial charge in [0.1, 0.15) is 18.1 Å². The van der Waals surface area contributed by atoms with E-state index in [9.17, 15) is 38.7 Å². The molecule has 208 valence electrons. The molecule has 0 aromatic rings. The average Bonchev–Trinajstić information content (AvgIpc) is 2.76. The largest absolute Gasteiger partial charge is 0.481 e. The number of guanidine groups is 1. The van der Waals surface area contributed by atoms with Crippen LogP contribution < -0.4 is 38.9 Å². The van der Waals surface area contributed by atoms with E-state index in [0.717, 1.165) is 0 Å². The van der Waals surface area contributed by atoms with E-state index in [4.69, 9.17) is 33.1 Å². The predicted octanol–water partition coefficient (Wildman–Crippen LogP) is -4.88. The molecule has 4 atom stereocenters. The number of nitrogens with zero attached hydrogens (tertiary/aromatic N) is 1. The number of amides is 4. The van der Waals surface area contributed by atoms with Gasteiger partial charge in [-0.25, -0.2) is 4.79 Å². The van der Waals surface area contributed by atoms with Gasteiger partial charge < -0.3 is 54.2 Å². The van der Waals surface area contributed by atoms with E-state index in [2.05, 4.69) is 15.6 Å². The van der Waals surface area contributed by atoms with Crippen LogP contribution in [-0.2, 0) is 33.6 Å². The Hall–Kier alpha value is -4.48. The molecule has 4 unspecified atom stereocenters. The molecule has 18 nitrogen and oxygen atoms in total. The molecule has 0 radical (unpaired) electrons. The van der Waals surface area contributed by atoms with Gasteiger partial charge in [-0.05, 0) is 19.3 Å². The molecular weight excluding hydrogens is 500 g/mol. The molecule has 0 heterocycles. The van der Waals surface area contributed by atoms with Gasteiger partial charge in [-0.2, -0.15) is 0 Å². The Morgan fingerprint density at radius 1 is 0.703 bits per heavy atom. The highest BCUT2D eigenvalue weighted by molar-refractivity contribution is 5.96. The van der Waals surface area contributed by atoms with Crippen LogP contribution in [0.15, 0.2) is 4.99 Å². The lowest BCUT2D eigenvalue weighted by Crippen LogP contribution is -2.57. The summed E-state index contributed by atoms with van der Waals surface area (Å²) in [4.78, 5) is 85.9. The first-order valence-electron chi connectivity index (χ1n) is 10.8. The quantitative estimate of drug-likeness (QED) is 0.0450. The zero-order valence-electron chi connectivity index (χ0n) is 19.7. The second-order valence-electron chi connectivity index (χ2n) is 7.78. The van der Waals surface area contributed by atoms with Gasteiger partial charge in [0.15, 0.2) is 5.96 Å². The number of carboxylic acid groups (broad SMARTS) is 3. The van der Waals surface area contributed by atoms with Crippen molar-refractivity contribution in [2.45, 2.75) is 62.7 Å². The summed E-state index contributed by atoms with van der Waals surface area (Å²) >= 11 is 0. The SMILES string of the molecule is NC(=O)CC(N)C(=O)NC(CC(=O)O)C(=O)NC(CCC(=O)O)C(=O)NC(CCCN=C(N)N)C(=O)O. The monoisotopic (exact) mass is 532 g/mol. The number of primary amides is 1. The van der Waals surface area contributed by atoms with Crippen LogP contribution in [0, 0.1) is 0 Å². The molecular formula is C19H32N8O10. The van der Waals surface area contributed by atoms with Crippen molar-refractivity contribution in [3.8, 4) is 0 Å². The molecule has 0 aliphatic heterocycles. The molecule has 18 heteroatoms. The zero-order valence-corrected chi connectivity index (χ0v) is 19.7. The molecule has 0 rings (SSSR count). The second-order valence-corrected chi connectivity index (χ2v) is 7.78. The fourth-order valence-corrected chi connectivity index (χ4v) is 2.81. The van der Waals surface area contributed by atoms with Crippen LogP contribution in [0.4, 0.5) is 0 Å². The van der Waals surface area contributed by atoms with Crippen molar-refractivity contribution in [2.24, 2.45) is 27.9 Å². The maximum Gasteiger partial charge on any atom is 0.326 e. The minimum Gasteiger partial charge on any atom is -0.481 e. The van der Waals surface area contributed by atoms with Crippen LogP contribution in [0.5, 0.6) is 0 Å². The molecule has 0 fully saturated rings. The Bertz CT molecular complexity index is 905. The number of carboxylic acids is 3. The standard InChI is InChI=1S/C19H32N8O10/c20-8(6-12(21)28)15(33)27-11(7-14(31)32)17(35)25-9(3-4-13(29)30)16(34)26-10(18(36)37)2-1-5-24-19(22)23/h8-11H,1-7,20H2,(H2,21,28)(H,25,35)(H,26,34)(H,27,33)(H,29,30)(H,31,32)(H,36,37)(H4,22,23,24). The lowest BCUT2D eigenvalue weighted by Gasteiger charge is -2.24. The molecule has 0 saturated heterocycles. The third kappa shape index (κ3) is 14.5.